The predicted octanol–water partition coefficient (Wildman–Crippen LogP) is 4.45. The molecule has 0 saturated carbocycles. The highest BCUT2D eigenvalue weighted by Crippen LogP contribution is 2.34. The molecule has 0 saturated heterocycles. The number of alkyl halides is 3. The molecular formula is C17H13ClF3N5O2. The van der Waals surface area contributed by atoms with Crippen molar-refractivity contribution in [3.05, 3.63) is 47.1 Å². The number of rotatable bonds is 6. The third-order valence-corrected chi connectivity index (χ3v) is 3.70. The molecule has 2 aromatic heterocycles. The van der Waals surface area contributed by atoms with Gasteiger partial charge in [0.2, 0.25) is 5.82 Å². The number of benzene rings is 1. The Bertz CT molecular complexity index is 996. The van der Waals surface area contributed by atoms with Gasteiger partial charge in [-0.1, -0.05) is 22.8 Å². The summed E-state index contributed by atoms with van der Waals surface area (Å²) < 4.78 is 45.2. The standard InChI is InChI=1S/C17H13ClF3N5O2/c1-27-24-7-3-5-12-14-11(25-15(26-12)17(19,20)21)4-2-6-13(14)28-16-22-8-10(18)9-23-16/h2,4,6-9H,3,5H2,1H3/b24-7+. The van der Waals surface area contributed by atoms with Crippen molar-refractivity contribution in [2.24, 2.45) is 5.16 Å². The van der Waals surface area contributed by atoms with Crippen LogP contribution in [0, 0.1) is 0 Å². The summed E-state index contributed by atoms with van der Waals surface area (Å²) in [6.07, 6.45) is -0.0860. The quantitative estimate of drug-likeness (QED) is 0.440. The minimum absolute atomic E-state index is 0.0105. The number of nitrogens with zero attached hydrogens (tertiary/aromatic N) is 5. The van der Waals surface area contributed by atoms with Crippen LogP contribution in [0.5, 0.6) is 11.8 Å². The van der Waals surface area contributed by atoms with E-state index in [1.54, 1.807) is 6.07 Å². The van der Waals surface area contributed by atoms with Crippen LogP contribution in [0.1, 0.15) is 17.9 Å². The van der Waals surface area contributed by atoms with Crippen LogP contribution in [0.4, 0.5) is 13.2 Å². The van der Waals surface area contributed by atoms with Gasteiger partial charge in [0, 0.05) is 6.21 Å². The molecule has 0 unspecified atom stereocenters. The average Bonchev–Trinajstić information content (AvgIpc) is 2.66. The number of hydrogen-bond acceptors (Lipinski definition) is 7. The Labute approximate surface area is 162 Å². The molecule has 0 aliphatic carbocycles. The SMILES string of the molecule is CO/N=C/CCc1nc(C(F)(F)F)nc2cccc(Oc3ncc(Cl)cn3)c12. The number of hydrogen-bond donors (Lipinski definition) is 0. The van der Waals surface area contributed by atoms with E-state index in [-0.39, 0.29) is 29.4 Å². The van der Waals surface area contributed by atoms with E-state index in [2.05, 4.69) is 29.9 Å². The number of aryl methyl sites for hydroxylation is 1. The molecule has 0 atom stereocenters. The van der Waals surface area contributed by atoms with E-state index in [1.165, 1.54) is 37.9 Å². The summed E-state index contributed by atoms with van der Waals surface area (Å²) in [6.45, 7) is 0. The van der Waals surface area contributed by atoms with Gasteiger partial charge in [-0.15, -0.1) is 0 Å². The van der Waals surface area contributed by atoms with Gasteiger partial charge < -0.3 is 9.57 Å². The second-order valence-electron chi connectivity index (χ2n) is 5.44. The van der Waals surface area contributed by atoms with Crippen molar-refractivity contribution >= 4 is 28.7 Å². The van der Waals surface area contributed by atoms with Gasteiger partial charge in [0.25, 0.3) is 0 Å². The third kappa shape index (κ3) is 4.63. The van der Waals surface area contributed by atoms with E-state index >= 15 is 0 Å². The maximum Gasteiger partial charge on any atom is 0.451 e. The van der Waals surface area contributed by atoms with Crippen molar-refractivity contribution in [1.29, 1.82) is 0 Å². The molecule has 3 rings (SSSR count). The van der Waals surface area contributed by atoms with Crippen molar-refractivity contribution in [2.75, 3.05) is 7.11 Å². The zero-order chi connectivity index (χ0) is 20.1. The first-order chi connectivity index (χ1) is 13.4. The molecular weight excluding hydrogens is 399 g/mol. The Morgan fingerprint density at radius 1 is 1.18 bits per heavy atom. The highest BCUT2D eigenvalue weighted by molar-refractivity contribution is 6.30. The topological polar surface area (TPSA) is 82.4 Å². The highest BCUT2D eigenvalue weighted by atomic mass is 35.5. The summed E-state index contributed by atoms with van der Waals surface area (Å²) >= 11 is 5.75. The number of ether oxygens (including phenoxy) is 1. The van der Waals surface area contributed by atoms with E-state index in [0.29, 0.717) is 16.8 Å². The lowest BCUT2D eigenvalue weighted by Gasteiger charge is -2.13. The molecule has 0 bridgehead atoms. The zero-order valence-electron chi connectivity index (χ0n) is 14.4. The van der Waals surface area contributed by atoms with E-state index < -0.39 is 12.0 Å². The smallest absolute Gasteiger partial charge is 0.424 e. The lowest BCUT2D eigenvalue weighted by Crippen LogP contribution is -2.13. The van der Waals surface area contributed by atoms with Crippen LogP contribution < -0.4 is 4.74 Å². The monoisotopic (exact) mass is 411 g/mol. The molecule has 11 heteroatoms. The van der Waals surface area contributed by atoms with Crippen molar-refractivity contribution in [2.45, 2.75) is 19.0 Å². The summed E-state index contributed by atoms with van der Waals surface area (Å²) in [5.74, 6) is -0.995. The van der Waals surface area contributed by atoms with Gasteiger partial charge in [-0.05, 0) is 25.0 Å². The molecule has 0 radical (unpaired) electrons. The van der Waals surface area contributed by atoms with Crippen molar-refractivity contribution in [3.63, 3.8) is 0 Å². The second kappa shape index (κ2) is 8.34. The first kappa shape index (κ1) is 19.7. The fraction of sp³-hybridized carbons (Fsp3) is 0.235. The normalized spacial score (nSPS) is 11.9. The molecule has 2 heterocycles. The summed E-state index contributed by atoms with van der Waals surface area (Å²) in [5.41, 5.74) is 0.247. The van der Waals surface area contributed by atoms with Gasteiger partial charge in [-0.25, -0.2) is 19.9 Å². The minimum atomic E-state index is -4.68. The van der Waals surface area contributed by atoms with Gasteiger partial charge >= 0.3 is 12.2 Å². The Kier molecular flexibility index (Phi) is 5.88. The van der Waals surface area contributed by atoms with Crippen molar-refractivity contribution in [3.8, 4) is 11.8 Å². The Hall–Kier alpha value is -3.01. The lowest BCUT2D eigenvalue weighted by molar-refractivity contribution is -0.144. The summed E-state index contributed by atoms with van der Waals surface area (Å²) in [7, 11) is 1.37. The average molecular weight is 412 g/mol. The first-order valence-corrected chi connectivity index (χ1v) is 8.33. The summed E-state index contributed by atoms with van der Waals surface area (Å²) in [4.78, 5) is 19.8. The predicted molar refractivity (Wildman–Crippen MR) is 95.5 cm³/mol. The zero-order valence-corrected chi connectivity index (χ0v) is 15.2. The molecule has 0 aliphatic heterocycles. The van der Waals surface area contributed by atoms with Crippen LogP contribution in [-0.4, -0.2) is 33.3 Å². The number of halogens is 4. The van der Waals surface area contributed by atoms with Crippen LogP contribution >= 0.6 is 11.6 Å². The van der Waals surface area contributed by atoms with Crippen LogP contribution in [0.25, 0.3) is 10.9 Å². The van der Waals surface area contributed by atoms with Crippen LogP contribution in [-0.2, 0) is 17.4 Å². The molecule has 0 N–H and O–H groups in total. The van der Waals surface area contributed by atoms with Crippen LogP contribution in [0.2, 0.25) is 5.02 Å². The number of fused-ring (bicyclic) bond motifs is 1. The minimum Gasteiger partial charge on any atom is -0.424 e. The third-order valence-electron chi connectivity index (χ3n) is 3.50. The van der Waals surface area contributed by atoms with E-state index in [1.807, 2.05) is 0 Å². The number of aromatic nitrogens is 4. The largest absolute Gasteiger partial charge is 0.451 e. The fourth-order valence-electron chi connectivity index (χ4n) is 2.40. The Morgan fingerprint density at radius 3 is 2.61 bits per heavy atom. The van der Waals surface area contributed by atoms with Gasteiger partial charge in [0.1, 0.15) is 12.9 Å². The van der Waals surface area contributed by atoms with E-state index in [0.717, 1.165) is 0 Å². The van der Waals surface area contributed by atoms with E-state index in [9.17, 15) is 13.2 Å². The lowest BCUT2D eigenvalue weighted by atomic mass is 10.1. The number of oxime groups is 1. The second-order valence-corrected chi connectivity index (χ2v) is 5.87. The molecule has 0 spiro atoms. The molecule has 0 amide bonds. The van der Waals surface area contributed by atoms with E-state index in [4.69, 9.17) is 16.3 Å². The van der Waals surface area contributed by atoms with Gasteiger partial charge in [-0.3, -0.25) is 0 Å². The molecule has 28 heavy (non-hydrogen) atoms. The summed E-state index contributed by atoms with van der Waals surface area (Å²) in [6, 6.07) is 4.54. The van der Waals surface area contributed by atoms with Gasteiger partial charge in [0.05, 0.1) is 34.0 Å². The molecule has 0 aliphatic rings. The maximum atomic E-state index is 13.2. The van der Waals surface area contributed by atoms with Crippen molar-refractivity contribution < 1.29 is 22.7 Å². The first-order valence-electron chi connectivity index (χ1n) is 7.95. The van der Waals surface area contributed by atoms with Crippen LogP contribution in [0.3, 0.4) is 0 Å². The maximum absolute atomic E-state index is 13.2. The summed E-state index contributed by atoms with van der Waals surface area (Å²) in [5, 5.41) is 4.24. The highest BCUT2D eigenvalue weighted by Gasteiger charge is 2.35. The molecule has 1 aromatic carbocycles. The van der Waals surface area contributed by atoms with Gasteiger partial charge in [0.15, 0.2) is 0 Å². The Morgan fingerprint density at radius 2 is 1.93 bits per heavy atom. The fourth-order valence-corrected chi connectivity index (χ4v) is 2.50. The molecule has 7 nitrogen and oxygen atoms in total. The van der Waals surface area contributed by atoms with Crippen molar-refractivity contribution in [1.82, 2.24) is 19.9 Å². The molecule has 3 aromatic rings. The van der Waals surface area contributed by atoms with Gasteiger partial charge in [-0.2, -0.15) is 13.2 Å². The van der Waals surface area contributed by atoms with Crippen LogP contribution in [0.15, 0.2) is 35.7 Å². The Balaban J connectivity index is 2.08. The molecule has 0 fully saturated rings. The molecule has 146 valence electrons.